The van der Waals surface area contributed by atoms with E-state index in [-0.39, 0.29) is 0 Å². The van der Waals surface area contributed by atoms with Gasteiger partial charge >= 0.3 is 0 Å². The molecule has 3 nitrogen and oxygen atoms in total. The van der Waals surface area contributed by atoms with Gasteiger partial charge in [-0.3, -0.25) is 5.10 Å². The van der Waals surface area contributed by atoms with Crippen LogP contribution in [-0.2, 0) is 13.0 Å². The van der Waals surface area contributed by atoms with Crippen LogP contribution >= 0.6 is 12.2 Å². The third-order valence-electron chi connectivity index (χ3n) is 4.71. The molecule has 4 heteroatoms. The standard InChI is InChI=1S/C14H23N3S/c1-9(2)8-17-13(15-16-14(17)18)7-12-6-10-3-4-11(12)5-10/h9-12H,3-8H2,1-2H3,(H,16,18). The number of aromatic amines is 1. The first-order valence-electron chi connectivity index (χ1n) is 7.27. The highest BCUT2D eigenvalue weighted by Gasteiger charge is 2.39. The van der Waals surface area contributed by atoms with Crippen LogP contribution in [0.1, 0.15) is 45.4 Å². The van der Waals surface area contributed by atoms with Crippen molar-refractivity contribution in [2.45, 2.75) is 52.5 Å². The van der Waals surface area contributed by atoms with Crippen molar-refractivity contribution < 1.29 is 0 Å². The highest BCUT2D eigenvalue weighted by atomic mass is 32.1. The van der Waals surface area contributed by atoms with E-state index >= 15 is 0 Å². The van der Waals surface area contributed by atoms with Gasteiger partial charge in [0.25, 0.3) is 0 Å². The van der Waals surface area contributed by atoms with Crippen LogP contribution in [0, 0.1) is 28.4 Å². The molecule has 1 heterocycles. The van der Waals surface area contributed by atoms with Gasteiger partial charge in [-0.1, -0.05) is 20.3 Å². The number of H-pyrrole nitrogens is 1. The van der Waals surface area contributed by atoms with Gasteiger partial charge in [-0.2, -0.15) is 5.10 Å². The Bertz CT molecular complexity index is 474. The largest absolute Gasteiger partial charge is 0.304 e. The van der Waals surface area contributed by atoms with Gasteiger partial charge in [0.15, 0.2) is 4.77 Å². The van der Waals surface area contributed by atoms with Crippen LogP contribution in [0.25, 0.3) is 0 Å². The van der Waals surface area contributed by atoms with E-state index in [0.29, 0.717) is 5.92 Å². The first-order chi connectivity index (χ1) is 8.63. The van der Waals surface area contributed by atoms with Crippen molar-refractivity contribution in [3.63, 3.8) is 0 Å². The molecule has 0 aliphatic heterocycles. The number of nitrogens with zero attached hydrogens (tertiary/aromatic N) is 2. The molecule has 2 saturated carbocycles. The van der Waals surface area contributed by atoms with Crippen LogP contribution in [0.2, 0.25) is 0 Å². The van der Waals surface area contributed by atoms with Crippen molar-refractivity contribution in [1.29, 1.82) is 0 Å². The summed E-state index contributed by atoms with van der Waals surface area (Å²) in [5, 5.41) is 7.44. The SMILES string of the molecule is CC(C)Cn1c(CC2CC3CCC2C3)n[nH]c1=S. The molecular formula is C14H23N3S. The summed E-state index contributed by atoms with van der Waals surface area (Å²) in [5.74, 6) is 4.65. The molecule has 2 bridgehead atoms. The van der Waals surface area contributed by atoms with E-state index in [1.54, 1.807) is 0 Å². The molecule has 100 valence electrons. The maximum absolute atomic E-state index is 5.34. The fraction of sp³-hybridized carbons (Fsp3) is 0.857. The highest BCUT2D eigenvalue weighted by molar-refractivity contribution is 7.71. The smallest absolute Gasteiger partial charge is 0.195 e. The Hall–Kier alpha value is -0.640. The van der Waals surface area contributed by atoms with E-state index in [4.69, 9.17) is 12.2 Å². The summed E-state index contributed by atoms with van der Waals surface area (Å²) in [5.41, 5.74) is 0. The van der Waals surface area contributed by atoms with Gasteiger partial charge in [0, 0.05) is 13.0 Å². The Balaban J connectivity index is 1.74. The molecule has 2 aliphatic rings. The van der Waals surface area contributed by atoms with Gasteiger partial charge in [0.2, 0.25) is 0 Å². The summed E-state index contributed by atoms with van der Waals surface area (Å²) >= 11 is 5.34. The van der Waals surface area contributed by atoms with Crippen LogP contribution in [0.3, 0.4) is 0 Å². The van der Waals surface area contributed by atoms with Gasteiger partial charge in [-0.15, -0.1) is 0 Å². The molecule has 1 N–H and O–H groups in total. The van der Waals surface area contributed by atoms with Crippen molar-refractivity contribution >= 4 is 12.2 Å². The lowest BCUT2D eigenvalue weighted by molar-refractivity contribution is 0.321. The quantitative estimate of drug-likeness (QED) is 0.844. The molecule has 0 radical (unpaired) electrons. The molecule has 2 fully saturated rings. The van der Waals surface area contributed by atoms with E-state index in [1.165, 1.54) is 31.5 Å². The van der Waals surface area contributed by atoms with E-state index in [0.717, 1.165) is 35.5 Å². The minimum absolute atomic E-state index is 0.619. The van der Waals surface area contributed by atoms with Crippen molar-refractivity contribution in [3.8, 4) is 0 Å². The summed E-state index contributed by atoms with van der Waals surface area (Å²) in [7, 11) is 0. The fourth-order valence-corrected chi connectivity index (χ4v) is 4.15. The Morgan fingerprint density at radius 2 is 2.22 bits per heavy atom. The maximum Gasteiger partial charge on any atom is 0.195 e. The molecule has 2 aliphatic carbocycles. The Morgan fingerprint density at radius 3 is 2.83 bits per heavy atom. The molecule has 1 aromatic rings. The van der Waals surface area contributed by atoms with Crippen LogP contribution in [0.5, 0.6) is 0 Å². The topological polar surface area (TPSA) is 33.6 Å². The highest BCUT2D eigenvalue weighted by Crippen LogP contribution is 2.49. The molecule has 3 rings (SSSR count). The Labute approximate surface area is 114 Å². The average molecular weight is 265 g/mol. The summed E-state index contributed by atoms with van der Waals surface area (Å²) in [4.78, 5) is 0. The summed E-state index contributed by atoms with van der Waals surface area (Å²) in [6, 6.07) is 0. The second kappa shape index (κ2) is 4.80. The first kappa shape index (κ1) is 12.4. The number of hydrogen-bond acceptors (Lipinski definition) is 2. The van der Waals surface area contributed by atoms with Crippen LogP contribution in [0.15, 0.2) is 0 Å². The second-order valence-electron chi connectivity index (χ2n) is 6.59. The molecule has 0 saturated heterocycles. The molecule has 0 amide bonds. The minimum atomic E-state index is 0.619. The lowest BCUT2D eigenvalue weighted by atomic mass is 9.86. The summed E-state index contributed by atoms with van der Waals surface area (Å²) in [6.45, 7) is 5.46. The third-order valence-corrected chi connectivity index (χ3v) is 5.03. The molecule has 18 heavy (non-hydrogen) atoms. The monoisotopic (exact) mass is 265 g/mol. The van der Waals surface area contributed by atoms with Gasteiger partial charge in [-0.25, -0.2) is 0 Å². The van der Waals surface area contributed by atoms with E-state index in [9.17, 15) is 0 Å². The van der Waals surface area contributed by atoms with Crippen molar-refractivity contribution in [3.05, 3.63) is 10.6 Å². The van der Waals surface area contributed by atoms with Crippen molar-refractivity contribution in [2.24, 2.45) is 23.7 Å². The maximum atomic E-state index is 5.34. The van der Waals surface area contributed by atoms with E-state index < -0.39 is 0 Å². The first-order valence-corrected chi connectivity index (χ1v) is 7.68. The zero-order valence-corrected chi connectivity index (χ0v) is 12.2. The summed E-state index contributed by atoms with van der Waals surface area (Å²) < 4.78 is 3.01. The number of aromatic nitrogens is 3. The Morgan fingerprint density at radius 1 is 1.39 bits per heavy atom. The molecule has 1 aromatic heterocycles. The predicted molar refractivity (Wildman–Crippen MR) is 74.9 cm³/mol. The van der Waals surface area contributed by atoms with Crippen LogP contribution in [-0.4, -0.2) is 14.8 Å². The van der Waals surface area contributed by atoms with Gasteiger partial charge in [0.1, 0.15) is 5.82 Å². The zero-order valence-electron chi connectivity index (χ0n) is 11.4. The van der Waals surface area contributed by atoms with Gasteiger partial charge in [0.05, 0.1) is 0 Å². The molecule has 0 aromatic carbocycles. The number of rotatable bonds is 4. The average Bonchev–Trinajstić information content (AvgIpc) is 2.99. The van der Waals surface area contributed by atoms with Crippen molar-refractivity contribution in [2.75, 3.05) is 0 Å². The predicted octanol–water partition coefficient (Wildman–Crippen LogP) is 3.58. The lowest BCUT2D eigenvalue weighted by Gasteiger charge is -2.21. The van der Waals surface area contributed by atoms with Crippen LogP contribution in [0.4, 0.5) is 0 Å². The van der Waals surface area contributed by atoms with Gasteiger partial charge in [-0.05, 0) is 55.2 Å². The van der Waals surface area contributed by atoms with Crippen molar-refractivity contribution in [1.82, 2.24) is 14.8 Å². The molecule has 3 atom stereocenters. The Kier molecular flexibility index (Phi) is 3.31. The minimum Gasteiger partial charge on any atom is -0.304 e. The van der Waals surface area contributed by atoms with E-state index in [2.05, 4.69) is 28.6 Å². The molecule has 0 spiro atoms. The third kappa shape index (κ3) is 2.27. The number of hydrogen-bond donors (Lipinski definition) is 1. The van der Waals surface area contributed by atoms with Gasteiger partial charge < -0.3 is 4.57 Å². The number of fused-ring (bicyclic) bond motifs is 2. The molecular weight excluding hydrogens is 242 g/mol. The van der Waals surface area contributed by atoms with Crippen LogP contribution < -0.4 is 0 Å². The van der Waals surface area contributed by atoms with E-state index in [1.807, 2.05) is 0 Å². The number of nitrogens with one attached hydrogen (secondary N) is 1. The normalized spacial score (nSPS) is 30.5. The second-order valence-corrected chi connectivity index (χ2v) is 6.98. The summed E-state index contributed by atoms with van der Waals surface area (Å²) in [6.07, 6.45) is 6.94. The zero-order chi connectivity index (χ0) is 12.7. The lowest BCUT2D eigenvalue weighted by Crippen LogP contribution is -2.17. The fourth-order valence-electron chi connectivity index (χ4n) is 3.92. The molecule has 3 unspecified atom stereocenters.